The molecule has 0 saturated carbocycles. The number of hydrogen-bond donors (Lipinski definition) is 2. The van der Waals surface area contributed by atoms with E-state index in [1.54, 1.807) is 0 Å². The molecule has 0 fully saturated rings. The number of nitrogens with zero attached hydrogens (tertiary/aromatic N) is 1. The van der Waals surface area contributed by atoms with Gasteiger partial charge in [0.05, 0.1) is 0 Å². The summed E-state index contributed by atoms with van der Waals surface area (Å²) >= 11 is 0. The van der Waals surface area contributed by atoms with E-state index in [1.165, 1.54) is 0 Å². The normalized spacial score (nSPS) is 10.9. The second-order valence-electron chi connectivity index (χ2n) is 5.15. The topological polar surface area (TPSA) is 44.4 Å². The Bertz CT molecular complexity index is 416. The molecule has 0 aromatic heterocycles. The predicted octanol–water partition coefficient (Wildman–Crippen LogP) is 1.91. The minimum atomic E-state index is 0.0428. The van der Waals surface area contributed by atoms with Crippen molar-refractivity contribution < 1.29 is 4.79 Å². The first-order chi connectivity index (χ1) is 10.2. The van der Waals surface area contributed by atoms with Crippen molar-refractivity contribution in [2.24, 2.45) is 0 Å². The second-order valence-corrected chi connectivity index (χ2v) is 5.15. The lowest BCUT2D eigenvalue weighted by molar-refractivity contribution is 0.0951. The van der Waals surface area contributed by atoms with Gasteiger partial charge in [0.15, 0.2) is 0 Å². The third kappa shape index (κ3) is 6.27. The Kier molecular flexibility index (Phi) is 8.71. The van der Waals surface area contributed by atoms with Crippen molar-refractivity contribution >= 4 is 5.91 Å². The molecule has 21 heavy (non-hydrogen) atoms. The number of benzene rings is 1. The summed E-state index contributed by atoms with van der Waals surface area (Å²) < 4.78 is 0. The lowest BCUT2D eigenvalue weighted by atomic mass is 10.0. The van der Waals surface area contributed by atoms with E-state index >= 15 is 0 Å². The molecule has 1 rings (SSSR count). The highest BCUT2D eigenvalue weighted by molar-refractivity contribution is 5.95. The fourth-order valence-corrected chi connectivity index (χ4v) is 2.36. The minimum absolute atomic E-state index is 0.0428. The predicted molar refractivity (Wildman–Crippen MR) is 88.8 cm³/mol. The molecule has 2 N–H and O–H groups in total. The molecule has 0 aliphatic carbocycles. The molecule has 0 aliphatic heterocycles. The van der Waals surface area contributed by atoms with E-state index in [0.717, 1.165) is 56.7 Å². The smallest absolute Gasteiger partial charge is 0.251 e. The average Bonchev–Trinajstić information content (AvgIpc) is 2.53. The highest BCUT2D eigenvalue weighted by Gasteiger charge is 2.09. The summed E-state index contributed by atoms with van der Waals surface area (Å²) in [7, 11) is 1.93. The van der Waals surface area contributed by atoms with E-state index in [4.69, 9.17) is 0 Å². The van der Waals surface area contributed by atoms with Crippen LogP contribution in [0.25, 0.3) is 0 Å². The number of amides is 1. The number of carbonyl (C=O) groups is 1. The molecule has 1 amide bonds. The van der Waals surface area contributed by atoms with Gasteiger partial charge in [-0.05, 0) is 57.7 Å². The average molecular weight is 291 g/mol. The van der Waals surface area contributed by atoms with Crippen LogP contribution in [-0.4, -0.2) is 50.6 Å². The lowest BCUT2D eigenvalue weighted by Gasteiger charge is -2.17. The number of rotatable bonds is 10. The van der Waals surface area contributed by atoms with Gasteiger partial charge in [0.1, 0.15) is 0 Å². The van der Waals surface area contributed by atoms with Gasteiger partial charge in [0.2, 0.25) is 0 Å². The Labute approximate surface area is 128 Å². The first kappa shape index (κ1) is 17.7. The molecule has 0 spiro atoms. The van der Waals surface area contributed by atoms with Crippen molar-refractivity contribution in [3.8, 4) is 0 Å². The lowest BCUT2D eigenvalue weighted by Crippen LogP contribution is -2.30. The van der Waals surface area contributed by atoms with Gasteiger partial charge in [-0.2, -0.15) is 0 Å². The quantitative estimate of drug-likeness (QED) is 0.647. The van der Waals surface area contributed by atoms with E-state index in [9.17, 15) is 4.79 Å². The molecule has 0 bridgehead atoms. The highest BCUT2D eigenvalue weighted by atomic mass is 16.1. The third-order valence-electron chi connectivity index (χ3n) is 3.74. The molecule has 0 atom stereocenters. The summed E-state index contributed by atoms with van der Waals surface area (Å²) in [5, 5.41) is 6.16. The van der Waals surface area contributed by atoms with Crippen LogP contribution < -0.4 is 10.6 Å². The maximum absolute atomic E-state index is 12.3. The number of likely N-dealkylation sites (N-methyl/N-ethyl adjacent to an activating group) is 1. The van der Waals surface area contributed by atoms with Crippen LogP contribution in [0, 0.1) is 0 Å². The SMILES string of the molecule is CCN(CC)CCCNC(=O)c1ccccc1CCNC. The van der Waals surface area contributed by atoms with E-state index in [0.29, 0.717) is 0 Å². The first-order valence-electron chi connectivity index (χ1n) is 7.96. The van der Waals surface area contributed by atoms with Gasteiger partial charge in [-0.15, -0.1) is 0 Å². The summed E-state index contributed by atoms with van der Waals surface area (Å²) in [4.78, 5) is 14.6. The van der Waals surface area contributed by atoms with Crippen LogP contribution in [0.3, 0.4) is 0 Å². The molecule has 4 heteroatoms. The molecule has 1 aromatic carbocycles. The summed E-state index contributed by atoms with van der Waals surface area (Å²) in [6.07, 6.45) is 1.87. The van der Waals surface area contributed by atoms with Crippen LogP contribution in [0.5, 0.6) is 0 Å². The molecule has 0 saturated heterocycles. The standard InChI is InChI=1S/C17H29N3O/c1-4-20(5-2)14-8-12-19-17(21)16-10-7-6-9-15(16)11-13-18-3/h6-7,9-10,18H,4-5,8,11-14H2,1-3H3,(H,19,21). The molecule has 0 aliphatic rings. The number of nitrogens with one attached hydrogen (secondary N) is 2. The molecule has 4 nitrogen and oxygen atoms in total. The fraction of sp³-hybridized carbons (Fsp3) is 0.588. The van der Waals surface area contributed by atoms with Crippen LogP contribution in [0.4, 0.5) is 0 Å². The zero-order valence-electron chi connectivity index (χ0n) is 13.6. The van der Waals surface area contributed by atoms with Gasteiger partial charge in [0, 0.05) is 12.1 Å². The van der Waals surface area contributed by atoms with Crippen molar-refractivity contribution in [3.63, 3.8) is 0 Å². The number of carbonyl (C=O) groups excluding carboxylic acids is 1. The third-order valence-corrected chi connectivity index (χ3v) is 3.74. The Hall–Kier alpha value is -1.39. The van der Waals surface area contributed by atoms with E-state index in [-0.39, 0.29) is 5.91 Å². The zero-order chi connectivity index (χ0) is 15.5. The molecule has 0 radical (unpaired) electrons. The highest BCUT2D eigenvalue weighted by Crippen LogP contribution is 2.09. The van der Waals surface area contributed by atoms with Crippen LogP contribution in [0.15, 0.2) is 24.3 Å². The van der Waals surface area contributed by atoms with E-state index < -0.39 is 0 Å². The second kappa shape index (κ2) is 10.4. The molecule has 0 unspecified atom stereocenters. The largest absolute Gasteiger partial charge is 0.352 e. The van der Waals surface area contributed by atoms with Crippen LogP contribution in [0.1, 0.15) is 36.2 Å². The molecular weight excluding hydrogens is 262 g/mol. The van der Waals surface area contributed by atoms with Crippen LogP contribution in [-0.2, 0) is 6.42 Å². The summed E-state index contributed by atoms with van der Waals surface area (Å²) in [6.45, 7) is 9.12. The van der Waals surface area contributed by atoms with E-state index in [1.807, 2.05) is 31.3 Å². The van der Waals surface area contributed by atoms with Crippen molar-refractivity contribution in [2.75, 3.05) is 39.8 Å². The Morgan fingerprint density at radius 2 is 1.86 bits per heavy atom. The molecular formula is C17H29N3O. The summed E-state index contributed by atoms with van der Waals surface area (Å²) in [5.41, 5.74) is 1.91. The van der Waals surface area contributed by atoms with Gasteiger partial charge in [-0.3, -0.25) is 4.79 Å². The van der Waals surface area contributed by atoms with Crippen LogP contribution >= 0.6 is 0 Å². The Balaban J connectivity index is 2.44. The fourth-order valence-electron chi connectivity index (χ4n) is 2.36. The zero-order valence-corrected chi connectivity index (χ0v) is 13.6. The first-order valence-corrected chi connectivity index (χ1v) is 7.96. The van der Waals surface area contributed by atoms with Crippen molar-refractivity contribution in [1.29, 1.82) is 0 Å². The Morgan fingerprint density at radius 1 is 1.14 bits per heavy atom. The molecule has 1 aromatic rings. The maximum Gasteiger partial charge on any atom is 0.251 e. The van der Waals surface area contributed by atoms with Gasteiger partial charge in [-0.1, -0.05) is 32.0 Å². The van der Waals surface area contributed by atoms with Crippen molar-refractivity contribution in [2.45, 2.75) is 26.7 Å². The number of hydrogen-bond acceptors (Lipinski definition) is 3. The van der Waals surface area contributed by atoms with Gasteiger partial charge >= 0.3 is 0 Å². The minimum Gasteiger partial charge on any atom is -0.352 e. The van der Waals surface area contributed by atoms with Gasteiger partial charge < -0.3 is 15.5 Å². The van der Waals surface area contributed by atoms with Gasteiger partial charge in [0.25, 0.3) is 5.91 Å². The Morgan fingerprint density at radius 3 is 2.52 bits per heavy atom. The van der Waals surface area contributed by atoms with Gasteiger partial charge in [-0.25, -0.2) is 0 Å². The molecule has 118 valence electrons. The van der Waals surface area contributed by atoms with Crippen molar-refractivity contribution in [3.05, 3.63) is 35.4 Å². The van der Waals surface area contributed by atoms with Crippen molar-refractivity contribution in [1.82, 2.24) is 15.5 Å². The van der Waals surface area contributed by atoms with E-state index in [2.05, 4.69) is 29.4 Å². The summed E-state index contributed by atoms with van der Waals surface area (Å²) in [6, 6.07) is 7.85. The molecule has 0 heterocycles. The summed E-state index contributed by atoms with van der Waals surface area (Å²) in [5.74, 6) is 0.0428. The van der Waals surface area contributed by atoms with Crippen LogP contribution in [0.2, 0.25) is 0 Å². The monoisotopic (exact) mass is 291 g/mol. The maximum atomic E-state index is 12.3.